The van der Waals surface area contributed by atoms with E-state index in [-0.39, 0.29) is 5.78 Å². The Labute approximate surface area is 191 Å². The lowest BCUT2D eigenvalue weighted by atomic mass is 10.1. The van der Waals surface area contributed by atoms with Crippen LogP contribution >= 0.6 is 0 Å². The van der Waals surface area contributed by atoms with Crippen molar-refractivity contribution in [3.05, 3.63) is 42.0 Å². The van der Waals surface area contributed by atoms with Gasteiger partial charge in [0, 0.05) is 30.9 Å². The lowest BCUT2D eigenvalue weighted by Crippen LogP contribution is -2.32. The Morgan fingerprint density at radius 3 is 2.25 bits per heavy atom. The Morgan fingerprint density at radius 1 is 1.03 bits per heavy atom. The minimum absolute atomic E-state index is 0.0517. The number of hydrogen-bond donors (Lipinski definition) is 2. The van der Waals surface area contributed by atoms with Gasteiger partial charge in [-0.2, -0.15) is 0 Å². The number of anilines is 3. The molecule has 2 heterocycles. The number of benzene rings is 1. The summed E-state index contributed by atoms with van der Waals surface area (Å²) in [6.45, 7) is 13.7. The Hall–Kier alpha value is -2.93. The minimum Gasteiger partial charge on any atom is -0.356 e. The average molecular weight is 437 g/mol. The van der Waals surface area contributed by atoms with Crippen LogP contribution in [0.1, 0.15) is 51.4 Å². The topological polar surface area (TPSA) is 89.1 Å². The van der Waals surface area contributed by atoms with Crippen molar-refractivity contribution in [2.24, 2.45) is 17.6 Å². The fourth-order valence-electron chi connectivity index (χ4n) is 3.78. The second kappa shape index (κ2) is 10.6. The van der Waals surface area contributed by atoms with E-state index in [0.29, 0.717) is 23.9 Å². The summed E-state index contributed by atoms with van der Waals surface area (Å²) < 4.78 is 2.10. The van der Waals surface area contributed by atoms with Gasteiger partial charge in [-0.05, 0) is 68.1 Å². The molecule has 0 radical (unpaired) electrons. The van der Waals surface area contributed by atoms with Gasteiger partial charge in [0.2, 0.25) is 5.95 Å². The summed E-state index contributed by atoms with van der Waals surface area (Å²) in [5.74, 6) is 2.85. The lowest BCUT2D eigenvalue weighted by molar-refractivity contribution is 0.101. The number of pyridine rings is 1. The molecule has 3 rings (SSSR count). The summed E-state index contributed by atoms with van der Waals surface area (Å²) in [5, 5.41) is 3.40. The molecule has 0 aliphatic heterocycles. The van der Waals surface area contributed by atoms with Crippen LogP contribution in [0.2, 0.25) is 0 Å². The predicted molar refractivity (Wildman–Crippen MR) is 133 cm³/mol. The van der Waals surface area contributed by atoms with E-state index in [2.05, 4.69) is 48.5 Å². The van der Waals surface area contributed by atoms with Crippen molar-refractivity contribution in [1.29, 1.82) is 0 Å². The maximum Gasteiger partial charge on any atom is 0.209 e. The van der Waals surface area contributed by atoms with Crippen molar-refractivity contribution in [1.82, 2.24) is 14.5 Å². The molecule has 0 fully saturated rings. The van der Waals surface area contributed by atoms with E-state index >= 15 is 0 Å². The zero-order chi connectivity index (χ0) is 23.3. The monoisotopic (exact) mass is 436 g/mol. The molecule has 0 aliphatic carbocycles. The number of fused-ring (bicyclic) bond motifs is 1. The highest BCUT2D eigenvalue weighted by Crippen LogP contribution is 2.25. The second-order valence-corrected chi connectivity index (χ2v) is 9.19. The van der Waals surface area contributed by atoms with Gasteiger partial charge in [0.05, 0.1) is 0 Å². The largest absolute Gasteiger partial charge is 0.356 e. The number of Topliss-reactive ketones (excluding diaryl/α,β-unsaturated/α-hetero) is 1. The number of nitrogens with two attached hydrogens (primary N) is 1. The molecule has 7 nitrogen and oxygen atoms in total. The van der Waals surface area contributed by atoms with Crippen LogP contribution in [0.25, 0.3) is 11.2 Å². The number of aromatic nitrogens is 3. The molecule has 0 spiro atoms. The van der Waals surface area contributed by atoms with Gasteiger partial charge in [-0.15, -0.1) is 0 Å². The molecule has 0 saturated heterocycles. The molecule has 0 unspecified atom stereocenters. The highest BCUT2D eigenvalue weighted by molar-refractivity contribution is 5.94. The zero-order valence-electron chi connectivity index (χ0n) is 19.9. The van der Waals surface area contributed by atoms with Crippen molar-refractivity contribution in [2.75, 3.05) is 29.9 Å². The summed E-state index contributed by atoms with van der Waals surface area (Å²) in [6.07, 6.45) is 0.830. The fraction of sp³-hybridized carbons (Fsp3) is 0.480. The molecule has 32 heavy (non-hydrogen) atoms. The molecule has 172 valence electrons. The first-order valence-electron chi connectivity index (χ1n) is 11.5. The van der Waals surface area contributed by atoms with Gasteiger partial charge in [-0.1, -0.05) is 27.7 Å². The molecular weight excluding hydrogens is 400 g/mol. The zero-order valence-corrected chi connectivity index (χ0v) is 19.9. The Morgan fingerprint density at radius 2 is 1.69 bits per heavy atom. The van der Waals surface area contributed by atoms with Gasteiger partial charge in [-0.3, -0.25) is 9.36 Å². The van der Waals surface area contributed by atoms with Crippen molar-refractivity contribution < 1.29 is 4.79 Å². The van der Waals surface area contributed by atoms with Crippen molar-refractivity contribution in [3.8, 4) is 0 Å². The summed E-state index contributed by atoms with van der Waals surface area (Å²) >= 11 is 0. The smallest absolute Gasteiger partial charge is 0.209 e. The quantitative estimate of drug-likeness (QED) is 0.418. The van der Waals surface area contributed by atoms with Crippen LogP contribution < -0.4 is 16.0 Å². The average Bonchev–Trinajstić information content (AvgIpc) is 3.07. The number of nitrogens with zero attached hydrogens (tertiary/aromatic N) is 4. The third kappa shape index (κ3) is 5.85. The van der Waals surface area contributed by atoms with Crippen LogP contribution in [0.4, 0.5) is 17.5 Å². The molecule has 3 aromatic rings. The number of carbonyl (C=O) groups is 1. The number of imidazole rings is 1. The SMILES string of the molecule is CC(=O)c1ccc(Nc2nc3ccc(N(CC(C)C)CC(C)C)nc3n2CCCN)cc1. The highest BCUT2D eigenvalue weighted by Gasteiger charge is 2.17. The molecule has 1 aromatic carbocycles. The minimum atomic E-state index is 0.0517. The van der Waals surface area contributed by atoms with E-state index in [0.717, 1.165) is 54.7 Å². The fourth-order valence-corrected chi connectivity index (χ4v) is 3.78. The summed E-state index contributed by atoms with van der Waals surface area (Å²) in [4.78, 5) is 23.8. The number of nitrogens with one attached hydrogen (secondary N) is 1. The van der Waals surface area contributed by atoms with E-state index < -0.39 is 0 Å². The number of rotatable bonds is 11. The van der Waals surface area contributed by atoms with Gasteiger partial charge in [0.1, 0.15) is 11.3 Å². The molecule has 0 bridgehead atoms. The van der Waals surface area contributed by atoms with Crippen molar-refractivity contribution in [3.63, 3.8) is 0 Å². The van der Waals surface area contributed by atoms with E-state index in [1.807, 2.05) is 30.3 Å². The van der Waals surface area contributed by atoms with Crippen LogP contribution in [0.5, 0.6) is 0 Å². The third-order valence-electron chi connectivity index (χ3n) is 5.21. The van der Waals surface area contributed by atoms with Crippen LogP contribution in [0.15, 0.2) is 36.4 Å². The second-order valence-electron chi connectivity index (χ2n) is 9.19. The van der Waals surface area contributed by atoms with E-state index in [4.69, 9.17) is 15.7 Å². The summed E-state index contributed by atoms with van der Waals surface area (Å²) in [5.41, 5.74) is 9.08. The predicted octanol–water partition coefficient (Wildman–Crippen LogP) is 4.84. The van der Waals surface area contributed by atoms with Crippen LogP contribution in [-0.4, -0.2) is 40.0 Å². The molecule has 0 aliphatic rings. The first kappa shape index (κ1) is 23.7. The Balaban J connectivity index is 1.98. The molecule has 3 N–H and O–H groups in total. The van der Waals surface area contributed by atoms with Crippen LogP contribution in [-0.2, 0) is 6.54 Å². The number of hydrogen-bond acceptors (Lipinski definition) is 6. The molecule has 2 aromatic heterocycles. The van der Waals surface area contributed by atoms with Crippen LogP contribution in [0, 0.1) is 11.8 Å². The maximum absolute atomic E-state index is 11.6. The van der Waals surface area contributed by atoms with Gasteiger partial charge < -0.3 is 16.0 Å². The maximum atomic E-state index is 11.6. The Kier molecular flexibility index (Phi) is 7.85. The lowest BCUT2D eigenvalue weighted by Gasteiger charge is -2.27. The van der Waals surface area contributed by atoms with E-state index in [1.165, 1.54) is 0 Å². The summed E-state index contributed by atoms with van der Waals surface area (Å²) in [6, 6.07) is 11.6. The molecule has 0 atom stereocenters. The van der Waals surface area contributed by atoms with Crippen molar-refractivity contribution >= 4 is 34.4 Å². The highest BCUT2D eigenvalue weighted by atomic mass is 16.1. The molecule has 7 heteroatoms. The standard InChI is InChI=1S/C25H36N6O/c1-17(2)15-30(16-18(3)4)23-12-11-22-24(29-23)31(14-6-13-26)25(28-22)27-21-9-7-20(8-10-21)19(5)32/h7-12,17-18H,6,13-16,26H2,1-5H3,(H,27,28). The number of ketones is 1. The van der Waals surface area contributed by atoms with Crippen LogP contribution in [0.3, 0.4) is 0 Å². The third-order valence-corrected chi connectivity index (χ3v) is 5.21. The molecular formula is C25H36N6O. The van der Waals surface area contributed by atoms with E-state index in [1.54, 1.807) is 6.92 Å². The van der Waals surface area contributed by atoms with E-state index in [9.17, 15) is 4.79 Å². The number of carbonyl (C=O) groups excluding carboxylic acids is 1. The normalized spacial score (nSPS) is 11.5. The van der Waals surface area contributed by atoms with Gasteiger partial charge >= 0.3 is 0 Å². The van der Waals surface area contributed by atoms with Gasteiger partial charge in [0.15, 0.2) is 11.4 Å². The Bertz CT molecular complexity index is 1030. The molecule has 0 amide bonds. The first-order valence-corrected chi connectivity index (χ1v) is 11.5. The van der Waals surface area contributed by atoms with Gasteiger partial charge in [-0.25, -0.2) is 9.97 Å². The first-order chi connectivity index (χ1) is 15.3. The summed E-state index contributed by atoms with van der Waals surface area (Å²) in [7, 11) is 0. The van der Waals surface area contributed by atoms with Crippen molar-refractivity contribution in [2.45, 2.75) is 47.6 Å². The van der Waals surface area contributed by atoms with Gasteiger partial charge in [0.25, 0.3) is 0 Å². The number of aryl methyl sites for hydroxylation is 1. The molecule has 0 saturated carbocycles.